The van der Waals surface area contributed by atoms with Gasteiger partial charge in [-0.15, -0.1) is 0 Å². The van der Waals surface area contributed by atoms with Crippen LogP contribution < -0.4 is 10.6 Å². The molecule has 1 aliphatic heterocycles. The molecule has 0 radical (unpaired) electrons. The average molecular weight is 383 g/mol. The fourth-order valence-electron chi connectivity index (χ4n) is 3.08. The van der Waals surface area contributed by atoms with Gasteiger partial charge in [-0.25, -0.2) is 9.59 Å². The van der Waals surface area contributed by atoms with Gasteiger partial charge in [0.1, 0.15) is 0 Å². The third-order valence-electron chi connectivity index (χ3n) is 4.77. The predicted octanol–water partition coefficient (Wildman–Crippen LogP) is 3.14. The lowest BCUT2D eigenvalue weighted by molar-refractivity contribution is 0.103. The molecule has 0 unspecified atom stereocenters. The minimum absolute atomic E-state index is 0.319. The molecule has 2 aromatic rings. The van der Waals surface area contributed by atoms with Crippen LogP contribution in [-0.2, 0) is 6.54 Å². The number of aryl methyl sites for hydroxylation is 2. The first-order valence-corrected chi connectivity index (χ1v) is 9.21. The highest BCUT2D eigenvalue weighted by atomic mass is 16.4. The summed E-state index contributed by atoms with van der Waals surface area (Å²) in [6.45, 7) is 6.97. The van der Waals surface area contributed by atoms with Gasteiger partial charge in [0.25, 0.3) is 0 Å². The SMILES string of the molecule is Cc1ccc(NC(=O)Nc2cc(CN3CCN(C(=O)O)CC3)ccc2C)cn1. The minimum atomic E-state index is -0.865. The molecule has 0 aliphatic carbocycles. The summed E-state index contributed by atoms with van der Waals surface area (Å²) >= 11 is 0. The number of pyridine rings is 1. The van der Waals surface area contributed by atoms with Crippen molar-refractivity contribution < 1.29 is 14.7 Å². The van der Waals surface area contributed by atoms with E-state index < -0.39 is 6.09 Å². The van der Waals surface area contributed by atoms with Crippen LogP contribution >= 0.6 is 0 Å². The summed E-state index contributed by atoms with van der Waals surface area (Å²) in [6.07, 6.45) is 0.755. The number of carboxylic acid groups (broad SMARTS) is 1. The summed E-state index contributed by atoms with van der Waals surface area (Å²) in [5.41, 5.74) is 4.31. The lowest BCUT2D eigenvalue weighted by Crippen LogP contribution is -2.47. The van der Waals surface area contributed by atoms with Gasteiger partial charge in [0.2, 0.25) is 0 Å². The van der Waals surface area contributed by atoms with Crippen molar-refractivity contribution in [3.05, 3.63) is 53.3 Å². The first-order valence-electron chi connectivity index (χ1n) is 9.21. The van der Waals surface area contributed by atoms with E-state index >= 15 is 0 Å². The number of hydrogen-bond acceptors (Lipinski definition) is 4. The number of rotatable bonds is 4. The van der Waals surface area contributed by atoms with E-state index in [1.165, 1.54) is 4.90 Å². The fraction of sp³-hybridized carbons (Fsp3) is 0.350. The molecule has 3 rings (SSSR count). The van der Waals surface area contributed by atoms with Crippen LogP contribution in [-0.4, -0.2) is 58.2 Å². The van der Waals surface area contributed by atoms with Gasteiger partial charge in [-0.1, -0.05) is 12.1 Å². The van der Waals surface area contributed by atoms with Crippen molar-refractivity contribution in [3.63, 3.8) is 0 Å². The van der Waals surface area contributed by atoms with E-state index in [0.29, 0.717) is 38.4 Å². The average Bonchev–Trinajstić information content (AvgIpc) is 2.67. The van der Waals surface area contributed by atoms with Gasteiger partial charge in [-0.05, 0) is 43.2 Å². The molecule has 1 aliphatic rings. The van der Waals surface area contributed by atoms with E-state index in [0.717, 1.165) is 22.5 Å². The largest absolute Gasteiger partial charge is 0.465 e. The second-order valence-electron chi connectivity index (χ2n) is 6.96. The second kappa shape index (κ2) is 8.71. The lowest BCUT2D eigenvalue weighted by Gasteiger charge is -2.33. The third-order valence-corrected chi connectivity index (χ3v) is 4.77. The summed E-state index contributed by atoms with van der Waals surface area (Å²) in [7, 11) is 0. The van der Waals surface area contributed by atoms with Crippen molar-refractivity contribution in [2.75, 3.05) is 36.8 Å². The van der Waals surface area contributed by atoms with Gasteiger partial charge in [0, 0.05) is 44.1 Å². The first kappa shape index (κ1) is 19.6. The van der Waals surface area contributed by atoms with Crippen LogP contribution in [0.15, 0.2) is 36.5 Å². The highest BCUT2D eigenvalue weighted by Crippen LogP contribution is 2.19. The number of nitrogens with one attached hydrogen (secondary N) is 2. The highest BCUT2D eigenvalue weighted by Gasteiger charge is 2.20. The molecule has 1 fully saturated rings. The molecule has 3 N–H and O–H groups in total. The zero-order valence-corrected chi connectivity index (χ0v) is 16.1. The summed E-state index contributed by atoms with van der Waals surface area (Å²) in [4.78, 5) is 31.1. The number of piperazine rings is 1. The zero-order valence-electron chi connectivity index (χ0n) is 16.1. The molecule has 1 aromatic heterocycles. The topological polar surface area (TPSA) is 97.8 Å². The molecule has 148 valence electrons. The summed E-state index contributed by atoms with van der Waals surface area (Å²) in [6, 6.07) is 9.30. The van der Waals surface area contributed by atoms with E-state index in [2.05, 4.69) is 20.5 Å². The van der Waals surface area contributed by atoms with Crippen LogP contribution in [0.4, 0.5) is 21.0 Å². The molecule has 1 saturated heterocycles. The number of hydrogen-bond donors (Lipinski definition) is 3. The number of amides is 3. The quantitative estimate of drug-likeness (QED) is 0.753. The Morgan fingerprint density at radius 1 is 1.07 bits per heavy atom. The molecule has 0 spiro atoms. The Kier molecular flexibility index (Phi) is 6.10. The second-order valence-corrected chi connectivity index (χ2v) is 6.96. The lowest BCUT2D eigenvalue weighted by atomic mass is 10.1. The molecule has 0 bridgehead atoms. The first-order chi connectivity index (χ1) is 13.4. The van der Waals surface area contributed by atoms with E-state index in [4.69, 9.17) is 5.11 Å². The smallest absolute Gasteiger partial charge is 0.407 e. The minimum Gasteiger partial charge on any atom is -0.465 e. The van der Waals surface area contributed by atoms with Gasteiger partial charge in [0.05, 0.1) is 11.9 Å². The molecular weight excluding hydrogens is 358 g/mol. The van der Waals surface area contributed by atoms with Crippen molar-refractivity contribution in [2.45, 2.75) is 20.4 Å². The van der Waals surface area contributed by atoms with Gasteiger partial charge in [-0.3, -0.25) is 9.88 Å². The molecule has 28 heavy (non-hydrogen) atoms. The van der Waals surface area contributed by atoms with Crippen molar-refractivity contribution in [1.82, 2.24) is 14.8 Å². The normalized spacial score (nSPS) is 14.6. The molecule has 1 aromatic carbocycles. The van der Waals surface area contributed by atoms with Crippen LogP contribution in [0.25, 0.3) is 0 Å². The molecule has 0 saturated carbocycles. The number of aromatic nitrogens is 1. The van der Waals surface area contributed by atoms with E-state index in [-0.39, 0.29) is 6.03 Å². The van der Waals surface area contributed by atoms with Crippen LogP contribution in [0.3, 0.4) is 0 Å². The maximum Gasteiger partial charge on any atom is 0.407 e. The highest BCUT2D eigenvalue weighted by molar-refractivity contribution is 6.00. The van der Waals surface area contributed by atoms with Gasteiger partial charge < -0.3 is 20.6 Å². The third kappa shape index (κ3) is 5.20. The Bertz CT molecular complexity index is 845. The molecule has 8 nitrogen and oxygen atoms in total. The number of carbonyl (C=O) groups is 2. The van der Waals surface area contributed by atoms with E-state index in [1.54, 1.807) is 6.20 Å². The van der Waals surface area contributed by atoms with Crippen molar-refractivity contribution in [2.24, 2.45) is 0 Å². The summed E-state index contributed by atoms with van der Waals surface area (Å²) in [5, 5.41) is 14.7. The Morgan fingerprint density at radius 2 is 1.82 bits per heavy atom. The summed E-state index contributed by atoms with van der Waals surface area (Å²) < 4.78 is 0. The monoisotopic (exact) mass is 383 g/mol. The van der Waals surface area contributed by atoms with Crippen LogP contribution in [0, 0.1) is 13.8 Å². The van der Waals surface area contributed by atoms with Gasteiger partial charge in [-0.2, -0.15) is 0 Å². The van der Waals surface area contributed by atoms with Crippen LogP contribution in [0.5, 0.6) is 0 Å². The van der Waals surface area contributed by atoms with Crippen molar-refractivity contribution in [1.29, 1.82) is 0 Å². The number of anilines is 2. The maximum absolute atomic E-state index is 12.3. The predicted molar refractivity (Wildman–Crippen MR) is 108 cm³/mol. The molecular formula is C20H25N5O3. The Balaban J connectivity index is 1.59. The van der Waals surface area contributed by atoms with Gasteiger partial charge in [0.15, 0.2) is 0 Å². The number of urea groups is 1. The number of nitrogens with zero attached hydrogens (tertiary/aromatic N) is 3. The van der Waals surface area contributed by atoms with Gasteiger partial charge >= 0.3 is 12.1 Å². The van der Waals surface area contributed by atoms with E-state index in [1.807, 2.05) is 44.2 Å². The zero-order chi connectivity index (χ0) is 20.1. The van der Waals surface area contributed by atoms with Crippen LogP contribution in [0.2, 0.25) is 0 Å². The fourth-order valence-corrected chi connectivity index (χ4v) is 3.08. The van der Waals surface area contributed by atoms with Crippen molar-refractivity contribution in [3.8, 4) is 0 Å². The molecule has 0 atom stereocenters. The Morgan fingerprint density at radius 3 is 2.46 bits per heavy atom. The molecule has 3 amide bonds. The number of carbonyl (C=O) groups excluding carboxylic acids is 1. The Hall–Kier alpha value is -3.13. The summed E-state index contributed by atoms with van der Waals surface area (Å²) in [5.74, 6) is 0. The maximum atomic E-state index is 12.3. The van der Waals surface area contributed by atoms with Crippen LogP contribution in [0.1, 0.15) is 16.8 Å². The molecule has 2 heterocycles. The van der Waals surface area contributed by atoms with E-state index in [9.17, 15) is 9.59 Å². The Labute approximate surface area is 164 Å². The molecule has 8 heteroatoms. The van der Waals surface area contributed by atoms with Crippen molar-refractivity contribution >= 4 is 23.5 Å². The number of benzene rings is 1. The standard InChI is InChI=1S/C20H25N5O3/c1-14-3-5-16(13-24-7-9-25(10-8-24)20(27)28)11-18(14)23-19(26)22-17-6-4-15(2)21-12-17/h3-6,11-12H,7-10,13H2,1-2H3,(H,27,28)(H2,22,23,26).